The van der Waals surface area contributed by atoms with Crippen LogP contribution in [0.1, 0.15) is 6.42 Å². The summed E-state index contributed by atoms with van der Waals surface area (Å²) >= 11 is 0. The minimum absolute atomic E-state index is 0.0346. The lowest BCUT2D eigenvalue weighted by molar-refractivity contribution is -0.122. The minimum Gasteiger partial charge on any atom is -0.326 e. The molecular formula is C18H15FN6O2. The van der Waals surface area contributed by atoms with Crippen molar-refractivity contribution in [3.8, 4) is 5.69 Å². The number of carbonyl (C=O) groups excluding carboxylic acids is 2. The molecule has 1 aromatic heterocycles. The Bertz CT molecular complexity index is 991. The second-order valence-electron chi connectivity index (χ2n) is 6.15. The summed E-state index contributed by atoms with van der Waals surface area (Å²) in [6.07, 6.45) is 1.48. The van der Waals surface area contributed by atoms with Crippen LogP contribution < -0.4 is 10.2 Å². The Labute approximate surface area is 153 Å². The van der Waals surface area contributed by atoms with Gasteiger partial charge in [-0.3, -0.25) is 9.59 Å². The van der Waals surface area contributed by atoms with Gasteiger partial charge in [-0.25, -0.2) is 9.07 Å². The summed E-state index contributed by atoms with van der Waals surface area (Å²) < 4.78 is 15.4. The van der Waals surface area contributed by atoms with Crippen LogP contribution in [0.15, 0.2) is 54.9 Å². The molecule has 4 rings (SSSR count). The third kappa shape index (κ3) is 3.39. The number of nitrogens with one attached hydrogen (secondary N) is 1. The summed E-state index contributed by atoms with van der Waals surface area (Å²) in [5.41, 5.74) is 1.44. The zero-order chi connectivity index (χ0) is 18.8. The van der Waals surface area contributed by atoms with Gasteiger partial charge in [-0.2, -0.15) is 0 Å². The number of aromatic nitrogens is 4. The highest BCUT2D eigenvalue weighted by atomic mass is 19.1. The lowest BCUT2D eigenvalue weighted by Gasteiger charge is -2.17. The Morgan fingerprint density at radius 1 is 1.19 bits per heavy atom. The van der Waals surface area contributed by atoms with E-state index in [-0.39, 0.29) is 30.5 Å². The lowest BCUT2D eigenvalue weighted by Crippen LogP contribution is -2.28. The van der Waals surface area contributed by atoms with Crippen molar-refractivity contribution in [1.82, 2.24) is 20.2 Å². The largest absolute Gasteiger partial charge is 0.326 e. The van der Waals surface area contributed by atoms with Crippen LogP contribution in [0.4, 0.5) is 15.8 Å². The van der Waals surface area contributed by atoms with E-state index in [0.29, 0.717) is 11.4 Å². The second kappa shape index (κ2) is 6.94. The summed E-state index contributed by atoms with van der Waals surface area (Å²) in [7, 11) is 0. The van der Waals surface area contributed by atoms with Gasteiger partial charge in [0.05, 0.1) is 17.3 Å². The summed E-state index contributed by atoms with van der Waals surface area (Å²) in [6.45, 7) is 0.137. The van der Waals surface area contributed by atoms with Crippen LogP contribution in [-0.2, 0) is 9.59 Å². The first-order chi connectivity index (χ1) is 13.1. The van der Waals surface area contributed by atoms with Gasteiger partial charge in [0.25, 0.3) is 0 Å². The monoisotopic (exact) mass is 366 g/mol. The summed E-state index contributed by atoms with van der Waals surface area (Å²) in [5, 5.41) is 13.8. The molecule has 27 heavy (non-hydrogen) atoms. The number of carbonyl (C=O) groups is 2. The quantitative estimate of drug-likeness (QED) is 0.760. The van der Waals surface area contributed by atoms with E-state index in [1.165, 1.54) is 28.0 Å². The van der Waals surface area contributed by atoms with Crippen molar-refractivity contribution >= 4 is 23.2 Å². The Balaban J connectivity index is 1.47. The van der Waals surface area contributed by atoms with Crippen LogP contribution in [0.5, 0.6) is 0 Å². The van der Waals surface area contributed by atoms with Crippen molar-refractivity contribution in [2.24, 2.45) is 5.92 Å². The van der Waals surface area contributed by atoms with Crippen molar-refractivity contribution < 1.29 is 14.0 Å². The third-order valence-electron chi connectivity index (χ3n) is 4.37. The summed E-state index contributed by atoms with van der Waals surface area (Å²) in [5.74, 6) is -1.62. The number of halogens is 1. The number of rotatable bonds is 4. The highest BCUT2D eigenvalue weighted by Crippen LogP contribution is 2.28. The molecule has 1 N–H and O–H groups in total. The van der Waals surface area contributed by atoms with Crippen LogP contribution in [0, 0.1) is 11.7 Å². The third-order valence-corrected chi connectivity index (χ3v) is 4.37. The molecular weight excluding hydrogens is 351 g/mol. The molecule has 0 unspecified atom stereocenters. The van der Waals surface area contributed by atoms with E-state index in [1.54, 1.807) is 36.4 Å². The topological polar surface area (TPSA) is 93.0 Å². The summed E-state index contributed by atoms with van der Waals surface area (Å²) in [4.78, 5) is 26.2. The fourth-order valence-electron chi connectivity index (χ4n) is 3.04. The molecule has 2 amide bonds. The molecule has 9 heteroatoms. The highest BCUT2D eigenvalue weighted by Gasteiger charge is 2.36. The van der Waals surface area contributed by atoms with Crippen LogP contribution in [0.25, 0.3) is 5.69 Å². The molecule has 0 aliphatic carbocycles. The molecule has 2 aromatic carbocycles. The predicted octanol–water partition coefficient (Wildman–Crippen LogP) is 1.79. The van der Waals surface area contributed by atoms with Gasteiger partial charge < -0.3 is 10.2 Å². The normalized spacial score (nSPS) is 16.6. The minimum atomic E-state index is -0.561. The Kier molecular flexibility index (Phi) is 4.33. The van der Waals surface area contributed by atoms with Gasteiger partial charge in [0.2, 0.25) is 11.8 Å². The van der Waals surface area contributed by atoms with Crippen molar-refractivity contribution in [2.45, 2.75) is 6.42 Å². The van der Waals surface area contributed by atoms with E-state index >= 15 is 0 Å². The molecule has 8 nitrogen and oxygen atoms in total. The number of para-hydroxylation sites is 1. The number of anilines is 2. The Morgan fingerprint density at radius 3 is 2.81 bits per heavy atom. The maximum absolute atomic E-state index is 14.0. The molecule has 0 spiro atoms. The lowest BCUT2D eigenvalue weighted by atomic mass is 10.1. The molecule has 2 heterocycles. The Morgan fingerprint density at radius 2 is 2.04 bits per heavy atom. The van der Waals surface area contributed by atoms with Crippen LogP contribution >= 0.6 is 0 Å². The number of benzene rings is 2. The van der Waals surface area contributed by atoms with E-state index in [9.17, 15) is 14.0 Å². The first kappa shape index (κ1) is 16.8. The number of amides is 2. The predicted molar refractivity (Wildman–Crippen MR) is 94.6 cm³/mol. The average molecular weight is 366 g/mol. The smallest absolute Gasteiger partial charge is 0.229 e. The maximum Gasteiger partial charge on any atom is 0.229 e. The number of hydrogen-bond acceptors (Lipinski definition) is 5. The molecule has 0 bridgehead atoms. The van der Waals surface area contributed by atoms with E-state index in [0.717, 1.165) is 0 Å². The van der Waals surface area contributed by atoms with Crippen LogP contribution in [0.3, 0.4) is 0 Å². The van der Waals surface area contributed by atoms with Crippen LogP contribution in [-0.4, -0.2) is 38.6 Å². The Hall–Kier alpha value is -3.62. The van der Waals surface area contributed by atoms with E-state index in [1.807, 2.05) is 0 Å². The number of tetrazole rings is 1. The molecule has 1 saturated heterocycles. The SMILES string of the molecule is O=C(Nc1cccc(-n2cnnn2)c1)[C@H]1CC(=O)N(c2ccccc2F)C1. The van der Waals surface area contributed by atoms with Gasteiger partial charge in [0, 0.05) is 18.7 Å². The first-order valence-corrected chi connectivity index (χ1v) is 8.31. The van der Waals surface area contributed by atoms with E-state index < -0.39 is 11.7 Å². The van der Waals surface area contributed by atoms with E-state index in [2.05, 4.69) is 20.8 Å². The fraction of sp³-hybridized carbons (Fsp3) is 0.167. The van der Waals surface area contributed by atoms with Gasteiger partial charge in [-0.1, -0.05) is 18.2 Å². The molecule has 1 atom stereocenters. The van der Waals surface area contributed by atoms with Crippen molar-refractivity contribution in [1.29, 1.82) is 0 Å². The van der Waals surface area contributed by atoms with Crippen molar-refractivity contribution in [3.63, 3.8) is 0 Å². The maximum atomic E-state index is 14.0. The molecule has 3 aromatic rings. The van der Waals surface area contributed by atoms with Crippen molar-refractivity contribution in [2.75, 3.05) is 16.8 Å². The van der Waals surface area contributed by atoms with E-state index in [4.69, 9.17) is 0 Å². The molecule has 1 fully saturated rings. The molecule has 1 aliphatic rings. The molecule has 0 saturated carbocycles. The zero-order valence-corrected chi connectivity index (χ0v) is 14.1. The summed E-state index contributed by atoms with van der Waals surface area (Å²) in [6, 6.07) is 13.0. The van der Waals surface area contributed by atoms with Gasteiger partial charge in [-0.15, -0.1) is 5.10 Å². The van der Waals surface area contributed by atoms with Crippen molar-refractivity contribution in [3.05, 3.63) is 60.7 Å². The van der Waals surface area contributed by atoms with Gasteiger partial charge in [0.15, 0.2) is 0 Å². The molecule has 136 valence electrons. The number of hydrogen-bond donors (Lipinski definition) is 1. The zero-order valence-electron chi connectivity index (χ0n) is 14.1. The average Bonchev–Trinajstić information content (AvgIpc) is 3.32. The number of nitrogens with zero attached hydrogens (tertiary/aromatic N) is 5. The highest BCUT2D eigenvalue weighted by molar-refractivity contribution is 6.03. The van der Waals surface area contributed by atoms with Gasteiger partial charge in [0.1, 0.15) is 12.1 Å². The van der Waals surface area contributed by atoms with Gasteiger partial charge in [-0.05, 0) is 40.8 Å². The molecule has 1 aliphatic heterocycles. The standard InChI is InChI=1S/C18H15FN6O2/c19-15-6-1-2-7-16(15)24-10-12(8-17(24)26)18(27)21-13-4-3-5-14(9-13)25-11-20-22-23-25/h1-7,9,11-12H,8,10H2,(H,21,27)/t12-/m0/s1. The molecule has 0 radical (unpaired) electrons. The fourth-order valence-corrected chi connectivity index (χ4v) is 3.04. The first-order valence-electron chi connectivity index (χ1n) is 8.31. The van der Waals surface area contributed by atoms with Crippen LogP contribution in [0.2, 0.25) is 0 Å². The second-order valence-corrected chi connectivity index (χ2v) is 6.15. The van der Waals surface area contributed by atoms with Gasteiger partial charge >= 0.3 is 0 Å².